The predicted octanol–water partition coefficient (Wildman–Crippen LogP) is 1.70. The molecule has 0 bridgehead atoms. The van der Waals surface area contributed by atoms with Gasteiger partial charge in [0.05, 0.1) is 19.3 Å². The van der Waals surface area contributed by atoms with Crippen molar-refractivity contribution in [3.8, 4) is 0 Å². The summed E-state index contributed by atoms with van der Waals surface area (Å²) in [6, 6.07) is 10.6. The largest absolute Gasteiger partial charge is 0.391 e. The number of hydrogen-bond acceptors (Lipinski definition) is 4. The second kappa shape index (κ2) is 8.30. The van der Waals surface area contributed by atoms with Crippen molar-refractivity contribution in [3.05, 3.63) is 35.9 Å². The molecule has 2 N–H and O–H groups in total. The van der Waals surface area contributed by atoms with Gasteiger partial charge in [-0.1, -0.05) is 30.3 Å². The third kappa shape index (κ3) is 4.40. The number of hydrogen-bond donors (Lipinski definition) is 2. The van der Waals surface area contributed by atoms with E-state index in [1.807, 2.05) is 6.07 Å². The van der Waals surface area contributed by atoms with E-state index in [9.17, 15) is 9.90 Å². The molecule has 138 valence electrons. The molecular weight excluding hydrogens is 316 g/mol. The summed E-state index contributed by atoms with van der Waals surface area (Å²) in [5, 5.41) is 13.8. The maximum absolute atomic E-state index is 11.5. The van der Waals surface area contributed by atoms with Crippen molar-refractivity contribution in [3.63, 3.8) is 0 Å². The molecule has 3 rings (SSSR count). The van der Waals surface area contributed by atoms with E-state index in [4.69, 9.17) is 4.74 Å². The molecule has 1 heterocycles. The Morgan fingerprint density at radius 3 is 2.60 bits per heavy atom. The van der Waals surface area contributed by atoms with E-state index in [0.717, 1.165) is 52.0 Å². The van der Waals surface area contributed by atoms with E-state index in [2.05, 4.69) is 34.5 Å². The molecule has 1 aliphatic heterocycles. The summed E-state index contributed by atoms with van der Waals surface area (Å²) in [6.45, 7) is 5.49. The number of nitrogens with zero attached hydrogens (tertiary/aromatic N) is 1. The molecule has 2 aliphatic rings. The summed E-state index contributed by atoms with van der Waals surface area (Å²) in [5.41, 5.74) is 1.16. The Kier molecular flexibility index (Phi) is 6.10. The number of nitrogens with one attached hydrogen (secondary N) is 1. The number of amides is 1. The summed E-state index contributed by atoms with van der Waals surface area (Å²) in [5.74, 6) is 0.00447. The van der Waals surface area contributed by atoms with Crippen LogP contribution in [-0.4, -0.2) is 60.9 Å². The van der Waals surface area contributed by atoms with Crippen LogP contribution in [0.15, 0.2) is 30.3 Å². The van der Waals surface area contributed by atoms with Crippen LogP contribution in [-0.2, 0) is 14.9 Å². The lowest BCUT2D eigenvalue weighted by Gasteiger charge is -2.37. The molecule has 0 spiro atoms. The Hall–Kier alpha value is -1.43. The van der Waals surface area contributed by atoms with Crippen LogP contribution in [0.25, 0.3) is 0 Å². The van der Waals surface area contributed by atoms with Crippen molar-refractivity contribution in [2.45, 2.75) is 50.2 Å². The van der Waals surface area contributed by atoms with E-state index in [1.165, 1.54) is 5.56 Å². The first-order valence-electron chi connectivity index (χ1n) is 9.41. The lowest BCUT2D eigenvalue weighted by Crippen LogP contribution is -2.48. The fraction of sp³-hybridized carbons (Fsp3) is 0.650. The zero-order valence-corrected chi connectivity index (χ0v) is 15.1. The SMILES string of the molecule is CC(=O)NC[C@]1(c2ccccc2)CC[C@H](O)[C@@H](N2CCOCC2)CC1. The maximum Gasteiger partial charge on any atom is 0.216 e. The van der Waals surface area contributed by atoms with Gasteiger partial charge >= 0.3 is 0 Å². The van der Waals surface area contributed by atoms with Crippen molar-refractivity contribution >= 4 is 5.91 Å². The summed E-state index contributed by atoms with van der Waals surface area (Å²) >= 11 is 0. The Morgan fingerprint density at radius 1 is 1.24 bits per heavy atom. The monoisotopic (exact) mass is 346 g/mol. The summed E-state index contributed by atoms with van der Waals surface area (Å²) in [6.07, 6.45) is 3.24. The molecule has 1 aromatic carbocycles. The molecular formula is C20H30N2O3. The van der Waals surface area contributed by atoms with Gasteiger partial charge in [-0.3, -0.25) is 9.69 Å². The van der Waals surface area contributed by atoms with Gasteiger partial charge in [0.15, 0.2) is 0 Å². The summed E-state index contributed by atoms with van der Waals surface area (Å²) in [4.78, 5) is 13.9. The smallest absolute Gasteiger partial charge is 0.216 e. The highest BCUT2D eigenvalue weighted by Crippen LogP contribution is 2.39. The Balaban J connectivity index is 1.80. The normalized spacial score (nSPS) is 31.3. The molecule has 0 radical (unpaired) electrons. The first-order chi connectivity index (χ1) is 12.1. The molecule has 3 atom stereocenters. The molecule has 0 aromatic heterocycles. The highest BCUT2D eigenvalue weighted by atomic mass is 16.5. The second-order valence-corrected chi connectivity index (χ2v) is 7.42. The Bertz CT molecular complexity index is 559. The lowest BCUT2D eigenvalue weighted by atomic mass is 9.74. The Labute approximate surface area is 150 Å². The lowest BCUT2D eigenvalue weighted by molar-refractivity contribution is -0.119. The van der Waals surface area contributed by atoms with Crippen LogP contribution in [0.4, 0.5) is 0 Å². The third-order valence-electron chi connectivity index (χ3n) is 5.86. The first-order valence-corrected chi connectivity index (χ1v) is 9.41. The number of carbonyl (C=O) groups excluding carboxylic acids is 1. The average molecular weight is 346 g/mol. The quantitative estimate of drug-likeness (QED) is 0.815. The molecule has 1 aromatic rings. The van der Waals surface area contributed by atoms with Crippen molar-refractivity contribution in [2.24, 2.45) is 0 Å². The molecule has 5 heteroatoms. The van der Waals surface area contributed by atoms with Gasteiger partial charge in [-0.05, 0) is 31.2 Å². The van der Waals surface area contributed by atoms with E-state index >= 15 is 0 Å². The molecule has 25 heavy (non-hydrogen) atoms. The fourth-order valence-corrected chi connectivity index (χ4v) is 4.35. The first kappa shape index (κ1) is 18.4. The second-order valence-electron chi connectivity index (χ2n) is 7.42. The number of aliphatic hydroxyl groups excluding tert-OH is 1. The molecule has 1 aliphatic carbocycles. The maximum atomic E-state index is 11.5. The standard InChI is InChI=1S/C20H30N2O3/c1-16(23)21-15-20(17-5-3-2-4-6-17)9-7-18(19(24)8-10-20)22-11-13-25-14-12-22/h2-6,18-19,24H,7-15H2,1H3,(H,21,23)/t18-,19-,20+/m0/s1. The molecule has 1 saturated heterocycles. The molecule has 5 nitrogen and oxygen atoms in total. The molecule has 0 unspecified atom stereocenters. The van der Waals surface area contributed by atoms with Crippen LogP contribution in [0.5, 0.6) is 0 Å². The highest BCUT2D eigenvalue weighted by Gasteiger charge is 2.39. The fourth-order valence-electron chi connectivity index (χ4n) is 4.35. The van der Waals surface area contributed by atoms with Gasteiger partial charge < -0.3 is 15.2 Å². The van der Waals surface area contributed by atoms with Gasteiger partial charge in [-0.2, -0.15) is 0 Å². The van der Waals surface area contributed by atoms with Gasteiger partial charge in [-0.15, -0.1) is 0 Å². The van der Waals surface area contributed by atoms with Gasteiger partial charge in [-0.25, -0.2) is 0 Å². The van der Waals surface area contributed by atoms with Crippen LogP contribution in [0.1, 0.15) is 38.2 Å². The average Bonchev–Trinajstić information content (AvgIpc) is 2.81. The minimum Gasteiger partial charge on any atom is -0.391 e. The molecule has 1 amide bonds. The predicted molar refractivity (Wildman–Crippen MR) is 97.5 cm³/mol. The van der Waals surface area contributed by atoms with Crippen LogP contribution in [0.2, 0.25) is 0 Å². The molecule has 1 saturated carbocycles. The van der Waals surface area contributed by atoms with E-state index in [-0.39, 0.29) is 23.5 Å². The number of carbonyl (C=O) groups is 1. The van der Waals surface area contributed by atoms with Crippen LogP contribution >= 0.6 is 0 Å². The summed E-state index contributed by atoms with van der Waals surface area (Å²) < 4.78 is 5.46. The van der Waals surface area contributed by atoms with E-state index < -0.39 is 0 Å². The van der Waals surface area contributed by atoms with Gasteiger partial charge in [0, 0.05) is 38.0 Å². The van der Waals surface area contributed by atoms with Gasteiger partial charge in [0.25, 0.3) is 0 Å². The number of rotatable bonds is 4. The van der Waals surface area contributed by atoms with Gasteiger partial charge in [0.1, 0.15) is 0 Å². The minimum atomic E-state index is -0.319. The van der Waals surface area contributed by atoms with Crippen molar-refractivity contribution < 1.29 is 14.6 Å². The number of aliphatic hydroxyl groups is 1. The van der Waals surface area contributed by atoms with Crippen molar-refractivity contribution in [2.75, 3.05) is 32.8 Å². The van der Waals surface area contributed by atoms with E-state index in [0.29, 0.717) is 6.54 Å². The summed E-state index contributed by atoms with van der Waals surface area (Å²) in [7, 11) is 0. The van der Waals surface area contributed by atoms with Crippen molar-refractivity contribution in [1.82, 2.24) is 10.2 Å². The van der Waals surface area contributed by atoms with Crippen molar-refractivity contribution in [1.29, 1.82) is 0 Å². The highest BCUT2D eigenvalue weighted by molar-refractivity contribution is 5.73. The third-order valence-corrected chi connectivity index (χ3v) is 5.86. The van der Waals surface area contributed by atoms with Crippen LogP contribution in [0.3, 0.4) is 0 Å². The zero-order chi connectivity index (χ0) is 17.7. The van der Waals surface area contributed by atoms with Gasteiger partial charge in [0.2, 0.25) is 5.91 Å². The van der Waals surface area contributed by atoms with Crippen LogP contribution < -0.4 is 5.32 Å². The number of benzene rings is 1. The molecule has 2 fully saturated rings. The van der Waals surface area contributed by atoms with E-state index in [1.54, 1.807) is 6.92 Å². The Morgan fingerprint density at radius 2 is 1.92 bits per heavy atom. The zero-order valence-electron chi connectivity index (χ0n) is 15.1. The van der Waals surface area contributed by atoms with Crippen LogP contribution in [0, 0.1) is 0 Å². The number of morpholine rings is 1. The number of ether oxygens (including phenoxy) is 1. The minimum absolute atomic E-state index is 0.00447. The topological polar surface area (TPSA) is 61.8 Å².